The Labute approximate surface area is 184 Å². The lowest BCUT2D eigenvalue weighted by atomic mass is 9.98. The number of alkyl halides is 3. The van der Waals surface area contributed by atoms with Crippen molar-refractivity contribution in [2.24, 2.45) is 0 Å². The summed E-state index contributed by atoms with van der Waals surface area (Å²) in [5.74, 6) is -0.166. The molecule has 1 aromatic heterocycles. The number of carbonyl (C=O) groups is 1. The fourth-order valence-corrected chi connectivity index (χ4v) is 4.11. The summed E-state index contributed by atoms with van der Waals surface area (Å²) in [5, 5.41) is 3.58. The monoisotopic (exact) mass is 468 g/mol. The second-order valence-corrected chi connectivity index (χ2v) is 9.55. The number of nitrogens with one attached hydrogen (secondary N) is 1. The zero-order chi connectivity index (χ0) is 23.5. The Morgan fingerprint density at radius 2 is 1.97 bits per heavy atom. The summed E-state index contributed by atoms with van der Waals surface area (Å²) < 4.78 is 62.7. The maximum atomic E-state index is 13.5. The molecule has 0 spiro atoms. The van der Waals surface area contributed by atoms with E-state index in [2.05, 4.69) is 15.3 Å². The first-order valence-corrected chi connectivity index (χ1v) is 11.8. The molecule has 1 fully saturated rings. The molecular weight excluding hydrogens is 445 g/mol. The van der Waals surface area contributed by atoms with E-state index in [1.165, 1.54) is 30.6 Å². The molecule has 1 saturated heterocycles. The third-order valence-corrected chi connectivity index (χ3v) is 5.67. The van der Waals surface area contributed by atoms with E-state index in [0.717, 1.165) is 17.7 Å². The number of hydrogen-bond acceptors (Lipinski definition) is 6. The molecule has 1 aliphatic rings. The molecule has 2 atom stereocenters. The van der Waals surface area contributed by atoms with Gasteiger partial charge in [0.25, 0.3) is 5.91 Å². The molecule has 2 heterocycles. The zero-order valence-corrected chi connectivity index (χ0v) is 18.3. The fourth-order valence-electron chi connectivity index (χ4n) is 3.59. The minimum absolute atomic E-state index is 0.0137. The molecule has 32 heavy (non-hydrogen) atoms. The number of halogens is 3. The van der Waals surface area contributed by atoms with E-state index in [9.17, 15) is 26.4 Å². The van der Waals surface area contributed by atoms with Crippen LogP contribution >= 0.6 is 0 Å². The zero-order valence-electron chi connectivity index (χ0n) is 17.5. The van der Waals surface area contributed by atoms with E-state index in [1.807, 2.05) is 0 Å². The van der Waals surface area contributed by atoms with E-state index in [-0.39, 0.29) is 11.3 Å². The van der Waals surface area contributed by atoms with Crippen molar-refractivity contribution in [1.29, 1.82) is 0 Å². The van der Waals surface area contributed by atoms with Crippen molar-refractivity contribution in [2.45, 2.75) is 38.0 Å². The maximum Gasteiger partial charge on any atom is 0.416 e. The molecule has 1 aliphatic heterocycles. The molecule has 11 heteroatoms. The Hall–Kier alpha value is -2.95. The van der Waals surface area contributed by atoms with Gasteiger partial charge < -0.3 is 10.2 Å². The van der Waals surface area contributed by atoms with Crippen LogP contribution in [0.2, 0.25) is 0 Å². The van der Waals surface area contributed by atoms with Gasteiger partial charge >= 0.3 is 6.18 Å². The van der Waals surface area contributed by atoms with Crippen molar-refractivity contribution in [3.8, 4) is 0 Å². The first-order valence-electron chi connectivity index (χ1n) is 9.89. The Bertz CT molecular complexity index is 1100. The molecule has 3 rings (SSSR count). The average molecular weight is 469 g/mol. The third kappa shape index (κ3) is 5.84. The van der Waals surface area contributed by atoms with Gasteiger partial charge in [-0.25, -0.2) is 18.4 Å². The highest BCUT2D eigenvalue weighted by Gasteiger charge is 2.38. The van der Waals surface area contributed by atoms with Crippen LogP contribution in [0.15, 0.2) is 48.1 Å². The second-order valence-electron chi connectivity index (χ2n) is 7.62. The Kier molecular flexibility index (Phi) is 6.87. The summed E-state index contributed by atoms with van der Waals surface area (Å²) in [4.78, 5) is 22.4. The van der Waals surface area contributed by atoms with Gasteiger partial charge in [0, 0.05) is 24.3 Å². The minimum Gasteiger partial charge on any atom is -0.348 e. The van der Waals surface area contributed by atoms with Gasteiger partial charge in [0.1, 0.15) is 11.5 Å². The summed E-state index contributed by atoms with van der Waals surface area (Å²) in [6, 6.07) is 4.45. The van der Waals surface area contributed by atoms with Gasteiger partial charge in [-0.3, -0.25) is 4.79 Å². The molecule has 2 aromatic rings. The highest BCUT2D eigenvalue weighted by molar-refractivity contribution is 7.93. The molecule has 1 amide bonds. The van der Waals surface area contributed by atoms with Crippen molar-refractivity contribution in [3.63, 3.8) is 0 Å². The van der Waals surface area contributed by atoms with Crippen molar-refractivity contribution in [3.05, 3.63) is 65.0 Å². The fraction of sp³-hybridized carbons (Fsp3) is 0.381. The number of anilines is 1. The van der Waals surface area contributed by atoms with Crippen molar-refractivity contribution in [1.82, 2.24) is 15.3 Å². The van der Waals surface area contributed by atoms with E-state index < -0.39 is 39.6 Å². The van der Waals surface area contributed by atoms with Crippen LogP contribution in [-0.2, 0) is 16.0 Å². The largest absolute Gasteiger partial charge is 0.416 e. The maximum absolute atomic E-state index is 13.5. The normalized spacial score (nSPS) is 18.2. The van der Waals surface area contributed by atoms with Gasteiger partial charge in [-0.05, 0) is 31.4 Å². The lowest BCUT2D eigenvalue weighted by Gasteiger charge is -2.28. The number of rotatable bonds is 6. The summed E-state index contributed by atoms with van der Waals surface area (Å²) >= 11 is 0. The number of sulfone groups is 1. The van der Waals surface area contributed by atoms with Crippen LogP contribution in [0.25, 0.3) is 0 Å². The predicted molar refractivity (Wildman–Crippen MR) is 114 cm³/mol. The summed E-state index contributed by atoms with van der Waals surface area (Å²) in [7, 11) is -3.31. The van der Waals surface area contributed by atoms with E-state index >= 15 is 0 Å². The van der Waals surface area contributed by atoms with Crippen LogP contribution in [0.3, 0.4) is 0 Å². The van der Waals surface area contributed by atoms with Crippen LogP contribution < -0.4 is 10.2 Å². The summed E-state index contributed by atoms with van der Waals surface area (Å²) in [5.41, 5.74) is -0.468. The second kappa shape index (κ2) is 9.27. The van der Waals surface area contributed by atoms with Gasteiger partial charge in [-0.2, -0.15) is 13.2 Å². The van der Waals surface area contributed by atoms with Crippen LogP contribution in [0.1, 0.15) is 47.4 Å². The quantitative estimate of drug-likeness (QED) is 0.698. The molecule has 1 N–H and O–H groups in total. The number of nitrogens with zero attached hydrogens (tertiary/aromatic N) is 3. The van der Waals surface area contributed by atoms with Crippen LogP contribution in [-0.4, -0.2) is 43.1 Å². The molecule has 7 nitrogen and oxygen atoms in total. The molecule has 0 radical (unpaired) electrons. The van der Waals surface area contributed by atoms with E-state index in [4.69, 9.17) is 0 Å². The number of carbonyl (C=O) groups excluding carboxylic acids is 1. The van der Waals surface area contributed by atoms with Crippen LogP contribution in [0, 0.1) is 0 Å². The molecule has 0 bridgehead atoms. The van der Waals surface area contributed by atoms with Gasteiger partial charge in [0.2, 0.25) is 0 Å². The predicted octanol–water partition coefficient (Wildman–Crippen LogP) is 3.51. The van der Waals surface area contributed by atoms with Crippen LogP contribution in [0.5, 0.6) is 0 Å². The molecule has 1 unspecified atom stereocenters. The van der Waals surface area contributed by atoms with Gasteiger partial charge in [0.05, 0.1) is 24.0 Å². The highest BCUT2D eigenvalue weighted by Crippen LogP contribution is 2.41. The first kappa shape index (κ1) is 23.7. The van der Waals surface area contributed by atoms with Crippen LogP contribution in [0.4, 0.5) is 19.0 Å². The summed E-state index contributed by atoms with van der Waals surface area (Å²) in [6.45, 7) is 2.12. The molecular formula is C21H23F3N4O3S. The first-order chi connectivity index (χ1) is 15.0. The topological polar surface area (TPSA) is 92.3 Å². The van der Waals surface area contributed by atoms with Crippen molar-refractivity contribution >= 4 is 21.6 Å². The molecule has 172 valence electrons. The average Bonchev–Trinajstić information content (AvgIpc) is 3.21. The van der Waals surface area contributed by atoms with Gasteiger partial charge in [0.15, 0.2) is 9.84 Å². The molecule has 1 aromatic carbocycles. The third-order valence-electron chi connectivity index (χ3n) is 5.02. The number of amides is 1. The minimum atomic E-state index is -4.46. The van der Waals surface area contributed by atoms with Gasteiger partial charge in [-0.1, -0.05) is 24.3 Å². The summed E-state index contributed by atoms with van der Waals surface area (Å²) in [6.07, 6.45) is 1.78. The van der Waals surface area contributed by atoms with E-state index in [1.54, 1.807) is 17.9 Å². The lowest BCUT2D eigenvalue weighted by molar-refractivity contribution is -0.138. The lowest BCUT2D eigenvalue weighted by Crippen LogP contribution is -2.32. The number of hydrogen-bond donors (Lipinski definition) is 1. The molecule has 0 saturated carbocycles. The number of aromatic nitrogens is 2. The van der Waals surface area contributed by atoms with Crippen molar-refractivity contribution < 1.29 is 26.4 Å². The molecule has 0 aliphatic carbocycles. The Morgan fingerprint density at radius 3 is 2.59 bits per heavy atom. The standard InChI is InChI=1S/C21H23F3N4O3S/c1-14(9-11-32(2,30)31)27-20(29)17-12-26-19(13-25-17)28-10-5-8-18(28)15-6-3-4-7-16(15)21(22,23)24/h3-4,6-7,9,11-14,18H,5,8,10H2,1-2H3,(H,27,29)/b11-9+/t14-,18?/m1/s1. The number of benzene rings is 1. The Balaban J connectivity index is 1.76. The smallest absolute Gasteiger partial charge is 0.348 e. The van der Waals surface area contributed by atoms with Gasteiger partial charge in [-0.15, -0.1) is 0 Å². The van der Waals surface area contributed by atoms with Crippen molar-refractivity contribution in [2.75, 3.05) is 17.7 Å². The Morgan fingerprint density at radius 1 is 1.25 bits per heavy atom. The van der Waals surface area contributed by atoms with E-state index in [0.29, 0.717) is 25.2 Å². The highest BCUT2D eigenvalue weighted by atomic mass is 32.2. The SMILES string of the molecule is C[C@H](/C=C/S(C)(=O)=O)NC(=O)c1cnc(N2CCCC2c2ccccc2C(F)(F)F)cn1.